The lowest BCUT2D eigenvalue weighted by Crippen LogP contribution is -2.09. The summed E-state index contributed by atoms with van der Waals surface area (Å²) in [5.74, 6) is 5.97. The van der Waals surface area contributed by atoms with Crippen molar-refractivity contribution in [2.24, 2.45) is 56.4 Å². The van der Waals surface area contributed by atoms with E-state index in [-0.39, 0.29) is 5.92 Å². The predicted octanol–water partition coefficient (Wildman–Crippen LogP) is 25.4. The Kier molecular flexibility index (Phi) is 35.3. The zero-order valence-corrected chi connectivity index (χ0v) is 78.5. The molecule has 0 fully saturated rings. The standard InChI is InChI=1S/C19H19NO.C17H17NO.C15H19N.C13H15NO.C13H15N.C12H13NO2.C12H13NOS.C12H13NO/c1-20-14-8-12-17(20)19(15-9-4-3-5-10-15)16-11-6-7-13-18(16)21-2;1-18-15(11-13-7-3-5-9-16(13)18)12-14-8-4-6-10-17(14)19-2;1-11-8-12(2)15(13(3)9-11)10-14-6-5-7-16(14)4;1-10-5-6-11(13(15)8-10)9-12-4-3-7-14(12)2;1-11-6-3-4-7-12(11)10-13-8-5-9-14(13)2;2*1-13-9-5-8-12(13)15-11-7-4-3-6-10(11)14-2;1-13-8-4-6-11(13)9-10-5-2-3-7-12(10)14/h3-14,19H,1-2H3;3-11H,12H2,1-2H3;5-9H,10H2,1-4H3;3-8,15H,9H2,1-2H3;3-9H,10H2,1-2H3;2*3-9H,1-2H3;2-8,14H,9H2,1H3. The van der Waals surface area contributed by atoms with Crippen LogP contribution in [-0.4, -0.2) is 75.2 Å². The normalized spacial score (nSPS) is 10.7. The zero-order chi connectivity index (χ0) is 91.7. The number of phenolic OH excluding ortho intramolecular Hbond substituents is 2. The van der Waals surface area contributed by atoms with Gasteiger partial charge in [-0.25, -0.2) is 0 Å². The van der Waals surface area contributed by atoms with Gasteiger partial charge < -0.3 is 70.4 Å². The molecule has 0 amide bonds. The molecule has 18 aromatic rings. The fourth-order valence-electron chi connectivity index (χ4n) is 15.4. The Labute approximate surface area is 767 Å². The van der Waals surface area contributed by atoms with Crippen molar-refractivity contribution in [3.63, 3.8) is 0 Å². The number of methoxy groups -OCH3 is 4. The van der Waals surface area contributed by atoms with Crippen molar-refractivity contribution in [2.75, 3.05) is 28.4 Å². The number of aromatic nitrogens is 8. The lowest BCUT2D eigenvalue weighted by molar-refractivity contribution is 0.369. The molecule has 10 aromatic carbocycles. The number of benzene rings is 10. The van der Waals surface area contributed by atoms with Crippen molar-refractivity contribution in [1.82, 2.24) is 36.5 Å². The summed E-state index contributed by atoms with van der Waals surface area (Å²) in [5.41, 5.74) is 24.1. The van der Waals surface area contributed by atoms with Gasteiger partial charge in [0, 0.05) is 183 Å². The van der Waals surface area contributed by atoms with E-state index < -0.39 is 0 Å². The van der Waals surface area contributed by atoms with Gasteiger partial charge in [0.25, 0.3) is 0 Å². The van der Waals surface area contributed by atoms with Crippen LogP contribution in [0.2, 0.25) is 0 Å². The molecule has 8 heterocycles. The second-order valence-electron chi connectivity index (χ2n) is 32.0. The van der Waals surface area contributed by atoms with Gasteiger partial charge in [0.2, 0.25) is 0 Å². The van der Waals surface area contributed by atoms with Gasteiger partial charge in [0.05, 0.1) is 44.3 Å². The average Bonchev–Trinajstić information content (AvgIpc) is 1.50. The highest BCUT2D eigenvalue weighted by molar-refractivity contribution is 7.99. The van der Waals surface area contributed by atoms with Crippen molar-refractivity contribution in [3.05, 3.63) is 466 Å². The van der Waals surface area contributed by atoms with E-state index in [1.165, 1.54) is 100 Å². The Bertz CT molecular complexity index is 6290. The number of phenols is 2. The number of rotatable bonds is 21. The molecule has 129 heavy (non-hydrogen) atoms. The average molecular weight is 1740 g/mol. The number of aryl methyl sites for hydroxylation is 13. The smallest absolute Gasteiger partial charge is 0.199 e. The summed E-state index contributed by atoms with van der Waals surface area (Å²) in [6.45, 7) is 10.7. The third-order valence-corrected chi connectivity index (χ3v) is 24.0. The van der Waals surface area contributed by atoms with Crippen molar-refractivity contribution in [3.8, 4) is 46.1 Å². The van der Waals surface area contributed by atoms with Crippen LogP contribution in [0.1, 0.15) is 107 Å². The minimum atomic E-state index is 0.169. The molecule has 0 spiro atoms. The van der Waals surface area contributed by atoms with Gasteiger partial charge in [-0.15, -0.1) is 0 Å². The van der Waals surface area contributed by atoms with Crippen LogP contribution in [0.15, 0.2) is 375 Å². The number of nitrogens with zero attached hydrogens (tertiary/aromatic N) is 8. The van der Waals surface area contributed by atoms with E-state index in [0.717, 1.165) is 88.3 Å². The molecule has 0 saturated heterocycles. The number of hydrogen-bond acceptors (Lipinski definition) is 8. The van der Waals surface area contributed by atoms with Crippen molar-refractivity contribution in [2.45, 2.75) is 82.6 Å². The van der Waals surface area contributed by atoms with Gasteiger partial charge in [0.1, 0.15) is 28.7 Å². The Hall–Kier alpha value is -14.4. The number of hydrogen-bond donors (Lipinski definition) is 2. The van der Waals surface area contributed by atoms with Crippen LogP contribution in [0.25, 0.3) is 10.9 Å². The highest BCUT2D eigenvalue weighted by atomic mass is 32.2. The van der Waals surface area contributed by atoms with Crippen LogP contribution in [-0.2, 0) is 88.5 Å². The lowest BCUT2D eigenvalue weighted by Gasteiger charge is -2.21. The summed E-state index contributed by atoms with van der Waals surface area (Å²) >= 11 is 1.71. The second kappa shape index (κ2) is 47.8. The Morgan fingerprint density at radius 2 is 0.752 bits per heavy atom. The molecule has 15 nitrogen and oxygen atoms in total. The summed E-state index contributed by atoms with van der Waals surface area (Å²) < 4.78 is 44.1. The number of ether oxygens (including phenoxy) is 5. The van der Waals surface area contributed by atoms with Crippen LogP contribution in [0, 0.1) is 34.6 Å². The molecule has 16 heteroatoms. The third-order valence-electron chi connectivity index (χ3n) is 22.8. The summed E-state index contributed by atoms with van der Waals surface area (Å²) in [5, 5.41) is 21.9. The van der Waals surface area contributed by atoms with Gasteiger partial charge in [-0.3, -0.25) is 0 Å². The molecule has 2 N–H and O–H groups in total. The molecule has 0 saturated carbocycles. The van der Waals surface area contributed by atoms with Crippen molar-refractivity contribution in [1.29, 1.82) is 0 Å². The number of aromatic hydroxyl groups is 2. The number of para-hydroxylation sites is 7. The molecule has 0 aliphatic carbocycles. The fourth-order valence-corrected chi connectivity index (χ4v) is 16.4. The maximum absolute atomic E-state index is 9.77. The molecule has 0 aliphatic rings. The minimum absolute atomic E-state index is 0.169. The molecule has 0 bridgehead atoms. The minimum Gasteiger partial charge on any atom is -0.508 e. The van der Waals surface area contributed by atoms with Crippen molar-refractivity contribution < 1.29 is 33.9 Å². The summed E-state index contributed by atoms with van der Waals surface area (Å²) in [7, 11) is 23.2. The molecular weight excluding hydrogens is 1610 g/mol. The van der Waals surface area contributed by atoms with E-state index in [0.29, 0.717) is 11.5 Å². The van der Waals surface area contributed by atoms with Gasteiger partial charge in [-0.1, -0.05) is 193 Å². The second-order valence-corrected chi connectivity index (χ2v) is 33.1. The Morgan fingerprint density at radius 1 is 0.302 bits per heavy atom. The first-order valence-corrected chi connectivity index (χ1v) is 44.2. The molecule has 0 aliphatic heterocycles. The lowest BCUT2D eigenvalue weighted by atomic mass is 9.88. The maximum Gasteiger partial charge on any atom is 0.199 e. The molecule has 18 rings (SSSR count). The van der Waals surface area contributed by atoms with Crippen molar-refractivity contribution >= 4 is 22.7 Å². The summed E-state index contributed by atoms with van der Waals surface area (Å²) in [4.78, 5) is 1.14. The largest absolute Gasteiger partial charge is 0.508 e. The van der Waals surface area contributed by atoms with Gasteiger partial charge in [0.15, 0.2) is 17.4 Å². The predicted molar refractivity (Wildman–Crippen MR) is 531 cm³/mol. The zero-order valence-electron chi connectivity index (χ0n) is 77.7. The molecule has 1 unspecified atom stereocenters. The van der Waals surface area contributed by atoms with E-state index in [1.54, 1.807) is 52.3 Å². The maximum atomic E-state index is 9.77. The molecule has 664 valence electrons. The highest BCUT2D eigenvalue weighted by Crippen LogP contribution is 2.39. The third kappa shape index (κ3) is 26.9. The first-order valence-electron chi connectivity index (χ1n) is 43.4. The Morgan fingerprint density at radius 3 is 1.29 bits per heavy atom. The molecule has 8 aromatic heterocycles. The quantitative estimate of drug-likeness (QED) is 0.0729. The van der Waals surface area contributed by atoms with E-state index in [2.05, 4.69) is 282 Å². The monoisotopic (exact) mass is 1740 g/mol. The summed E-state index contributed by atoms with van der Waals surface area (Å²) in [6.07, 6.45) is 18.8. The SMILES string of the molecule is COc1ccccc1C(c1ccccc1)c1cccn1C.COc1ccccc1Cc1cc2ccccc2n1C.COc1ccccc1Oc1cccn1C.COc1ccccc1Sc1cccn1C.Cc1cc(C)c(Cc2cccn2C)c(C)c1.Cc1ccc(Cc2cccn2C)c(O)c1.Cc1ccccc1Cc1cccn1C.Cn1cccc1Cc1ccccc1O. The van der Waals surface area contributed by atoms with Crippen LogP contribution in [0.3, 0.4) is 0 Å². The first-order chi connectivity index (χ1) is 62.5. The van der Waals surface area contributed by atoms with Crippen LogP contribution >= 0.6 is 11.8 Å². The Balaban J connectivity index is 0.000000143. The van der Waals surface area contributed by atoms with Gasteiger partial charge >= 0.3 is 0 Å². The van der Waals surface area contributed by atoms with Gasteiger partial charge in [-0.2, -0.15) is 0 Å². The highest BCUT2D eigenvalue weighted by Gasteiger charge is 2.23. The molecular formula is C113H124N8O7S. The molecule has 0 radical (unpaired) electrons. The molecule has 1 atom stereocenters. The van der Waals surface area contributed by atoms with Crippen LogP contribution < -0.4 is 23.7 Å². The number of fused-ring (bicyclic) bond motifs is 1. The van der Waals surface area contributed by atoms with Crippen LogP contribution in [0.4, 0.5) is 0 Å². The topological polar surface area (TPSA) is 126 Å². The fraction of sp³-hybridized carbons (Fsp3) is 0.204. The first kappa shape index (κ1) is 95.3. The van der Waals surface area contributed by atoms with Crippen LogP contribution in [0.5, 0.6) is 46.1 Å². The summed E-state index contributed by atoms with van der Waals surface area (Å²) in [6, 6.07) is 109. The van der Waals surface area contributed by atoms with E-state index in [9.17, 15) is 10.2 Å². The van der Waals surface area contributed by atoms with E-state index >= 15 is 0 Å². The van der Waals surface area contributed by atoms with Gasteiger partial charge in [-0.05, 0) is 235 Å². The van der Waals surface area contributed by atoms with E-state index in [1.807, 2.05) is 198 Å². The van der Waals surface area contributed by atoms with E-state index in [4.69, 9.17) is 23.7 Å².